The van der Waals surface area contributed by atoms with Crippen molar-refractivity contribution in [2.45, 2.75) is 0 Å². The van der Waals surface area contributed by atoms with E-state index < -0.39 is 23.4 Å². The van der Waals surface area contributed by atoms with Crippen molar-refractivity contribution in [3.8, 4) is 17.2 Å². The van der Waals surface area contributed by atoms with E-state index in [1.807, 2.05) is 0 Å². The van der Waals surface area contributed by atoms with Crippen molar-refractivity contribution < 1.29 is 33.8 Å². The summed E-state index contributed by atoms with van der Waals surface area (Å²) in [6, 6.07) is 8.19. The summed E-state index contributed by atoms with van der Waals surface area (Å²) in [5.41, 5.74) is 0.419. The van der Waals surface area contributed by atoms with Gasteiger partial charge in [0, 0.05) is 18.2 Å². The minimum absolute atomic E-state index is 0.0412. The third-order valence-corrected chi connectivity index (χ3v) is 3.63. The fraction of sp³-hybridized carbons (Fsp3) is 0.158. The Labute approximate surface area is 165 Å². The summed E-state index contributed by atoms with van der Waals surface area (Å²) in [5, 5.41) is 22.8. The summed E-state index contributed by atoms with van der Waals surface area (Å²) in [6.07, 6.45) is 2.53. The molecule has 2 N–H and O–H groups in total. The van der Waals surface area contributed by atoms with Gasteiger partial charge >= 0.3 is 5.97 Å². The molecule has 0 saturated heterocycles. The molecule has 0 aliphatic rings. The molecule has 0 aromatic heterocycles. The van der Waals surface area contributed by atoms with Gasteiger partial charge in [-0.15, -0.1) is 0 Å². The van der Waals surface area contributed by atoms with Gasteiger partial charge in [0.15, 0.2) is 18.1 Å². The van der Waals surface area contributed by atoms with Crippen LogP contribution in [0, 0.1) is 10.1 Å². The van der Waals surface area contributed by atoms with Gasteiger partial charge in [0.05, 0.1) is 24.8 Å². The Hall–Kier alpha value is -4.08. The second-order valence-electron chi connectivity index (χ2n) is 5.56. The lowest BCUT2D eigenvalue weighted by atomic mass is 10.2. The zero-order valence-corrected chi connectivity index (χ0v) is 15.6. The maximum atomic E-state index is 12.0. The number of nitro benzene ring substituents is 1. The number of phenols is 1. The van der Waals surface area contributed by atoms with Gasteiger partial charge in [0.25, 0.3) is 11.6 Å². The standard InChI is InChI=1S/C19H18N2O8/c1-27-16-7-5-13(21(25)26)10-14(16)20-18(23)11-29-19(24)8-4-12-3-6-15(22)17(9-12)28-2/h3-10,22H,11H2,1-2H3,(H,20,23)/b8-4+. The number of aromatic hydroxyl groups is 1. The molecule has 0 fully saturated rings. The molecule has 0 spiro atoms. The van der Waals surface area contributed by atoms with E-state index in [0.29, 0.717) is 5.56 Å². The molecule has 0 unspecified atom stereocenters. The number of benzene rings is 2. The SMILES string of the molecule is COc1cc(/C=C/C(=O)OCC(=O)Nc2cc([N+](=O)[O-])ccc2OC)ccc1O. The van der Waals surface area contributed by atoms with Gasteiger partial charge in [0.1, 0.15) is 5.75 Å². The predicted molar refractivity (Wildman–Crippen MR) is 103 cm³/mol. The zero-order valence-electron chi connectivity index (χ0n) is 15.6. The number of esters is 1. The molecule has 29 heavy (non-hydrogen) atoms. The highest BCUT2D eigenvalue weighted by atomic mass is 16.6. The first-order valence-corrected chi connectivity index (χ1v) is 8.18. The van der Waals surface area contributed by atoms with E-state index in [1.54, 1.807) is 6.07 Å². The average Bonchev–Trinajstić information content (AvgIpc) is 2.71. The van der Waals surface area contributed by atoms with Crippen LogP contribution in [0.4, 0.5) is 11.4 Å². The number of nitrogens with zero attached hydrogens (tertiary/aromatic N) is 1. The summed E-state index contributed by atoms with van der Waals surface area (Å²) in [7, 11) is 2.74. The van der Waals surface area contributed by atoms with Crippen LogP contribution < -0.4 is 14.8 Å². The van der Waals surface area contributed by atoms with E-state index >= 15 is 0 Å². The first-order valence-electron chi connectivity index (χ1n) is 8.18. The van der Waals surface area contributed by atoms with Crippen molar-refractivity contribution in [2.75, 3.05) is 26.1 Å². The number of ether oxygens (including phenoxy) is 3. The van der Waals surface area contributed by atoms with Gasteiger partial charge in [-0.1, -0.05) is 6.07 Å². The average molecular weight is 402 g/mol. The summed E-state index contributed by atoms with van der Waals surface area (Å²) in [5.74, 6) is -1.06. The molecule has 10 heteroatoms. The van der Waals surface area contributed by atoms with Gasteiger partial charge < -0.3 is 24.6 Å². The topological polar surface area (TPSA) is 137 Å². The summed E-state index contributed by atoms with van der Waals surface area (Å²) in [6.45, 7) is -0.603. The molecule has 0 heterocycles. The first kappa shape index (κ1) is 21.2. The van der Waals surface area contributed by atoms with Crippen molar-refractivity contribution in [1.82, 2.24) is 0 Å². The van der Waals surface area contributed by atoms with Crippen LogP contribution in [0.5, 0.6) is 17.2 Å². The number of carbonyl (C=O) groups excluding carboxylic acids is 2. The van der Waals surface area contributed by atoms with E-state index in [0.717, 1.165) is 12.1 Å². The molecule has 0 bridgehead atoms. The Balaban J connectivity index is 1.94. The predicted octanol–water partition coefficient (Wildman–Crippen LogP) is 2.51. The van der Waals surface area contributed by atoms with Crippen LogP contribution in [-0.4, -0.2) is 42.7 Å². The summed E-state index contributed by atoms with van der Waals surface area (Å²) >= 11 is 0. The van der Waals surface area contributed by atoms with E-state index in [-0.39, 0.29) is 28.6 Å². The lowest BCUT2D eigenvalue weighted by molar-refractivity contribution is -0.384. The Kier molecular flexibility index (Phi) is 7.13. The Morgan fingerprint density at radius 1 is 1.14 bits per heavy atom. The lowest BCUT2D eigenvalue weighted by Gasteiger charge is -2.10. The van der Waals surface area contributed by atoms with Crippen molar-refractivity contribution in [2.24, 2.45) is 0 Å². The third kappa shape index (κ3) is 5.96. The van der Waals surface area contributed by atoms with Crippen LogP contribution in [0.2, 0.25) is 0 Å². The largest absolute Gasteiger partial charge is 0.504 e. The first-order chi connectivity index (χ1) is 13.8. The van der Waals surface area contributed by atoms with Crippen molar-refractivity contribution in [1.29, 1.82) is 0 Å². The second-order valence-corrected chi connectivity index (χ2v) is 5.56. The molecule has 0 saturated carbocycles. The molecule has 1 amide bonds. The van der Waals surface area contributed by atoms with Crippen molar-refractivity contribution in [3.63, 3.8) is 0 Å². The highest BCUT2D eigenvalue weighted by Crippen LogP contribution is 2.29. The number of hydrogen-bond donors (Lipinski definition) is 2. The Morgan fingerprint density at radius 3 is 2.52 bits per heavy atom. The van der Waals surface area contributed by atoms with Crippen LogP contribution in [0.1, 0.15) is 5.56 Å². The quantitative estimate of drug-likeness (QED) is 0.297. The third-order valence-electron chi connectivity index (χ3n) is 3.63. The minimum atomic E-state index is -0.779. The monoisotopic (exact) mass is 402 g/mol. The molecular formula is C19H18N2O8. The molecule has 10 nitrogen and oxygen atoms in total. The van der Waals surface area contributed by atoms with Crippen LogP contribution >= 0.6 is 0 Å². The van der Waals surface area contributed by atoms with E-state index in [2.05, 4.69) is 5.32 Å². The molecule has 2 aromatic carbocycles. The molecule has 0 radical (unpaired) electrons. The maximum absolute atomic E-state index is 12.0. The van der Waals surface area contributed by atoms with Gasteiger partial charge in [-0.2, -0.15) is 0 Å². The van der Waals surface area contributed by atoms with Gasteiger partial charge in [-0.25, -0.2) is 4.79 Å². The number of methoxy groups -OCH3 is 2. The van der Waals surface area contributed by atoms with Crippen molar-refractivity contribution >= 4 is 29.3 Å². The minimum Gasteiger partial charge on any atom is -0.504 e. The fourth-order valence-electron chi connectivity index (χ4n) is 2.24. The fourth-order valence-corrected chi connectivity index (χ4v) is 2.24. The van der Waals surface area contributed by atoms with Crippen LogP contribution in [-0.2, 0) is 14.3 Å². The van der Waals surface area contributed by atoms with Crippen LogP contribution in [0.3, 0.4) is 0 Å². The lowest BCUT2D eigenvalue weighted by Crippen LogP contribution is -2.20. The number of nitro groups is 1. The molecule has 152 valence electrons. The number of phenolic OH excluding ortho intramolecular Hbond substituents is 1. The summed E-state index contributed by atoms with van der Waals surface area (Å²) < 4.78 is 14.8. The number of nitrogens with one attached hydrogen (secondary N) is 1. The number of anilines is 1. The smallest absolute Gasteiger partial charge is 0.331 e. The molecule has 2 aromatic rings. The summed E-state index contributed by atoms with van der Waals surface area (Å²) in [4.78, 5) is 34.0. The highest BCUT2D eigenvalue weighted by molar-refractivity contribution is 5.96. The molecule has 0 aliphatic heterocycles. The van der Waals surface area contributed by atoms with E-state index in [4.69, 9.17) is 14.2 Å². The highest BCUT2D eigenvalue weighted by Gasteiger charge is 2.14. The molecule has 2 rings (SSSR count). The molecule has 0 atom stereocenters. The number of carbonyl (C=O) groups is 2. The van der Waals surface area contributed by atoms with Crippen molar-refractivity contribution in [3.05, 3.63) is 58.2 Å². The zero-order chi connectivity index (χ0) is 21.4. The van der Waals surface area contributed by atoms with E-state index in [1.165, 1.54) is 44.6 Å². The second kappa shape index (κ2) is 9.74. The number of hydrogen-bond acceptors (Lipinski definition) is 8. The van der Waals surface area contributed by atoms with Crippen LogP contribution in [0.25, 0.3) is 6.08 Å². The van der Waals surface area contributed by atoms with Gasteiger partial charge in [0.2, 0.25) is 0 Å². The van der Waals surface area contributed by atoms with Gasteiger partial charge in [-0.05, 0) is 29.8 Å². The Morgan fingerprint density at radius 2 is 1.86 bits per heavy atom. The maximum Gasteiger partial charge on any atom is 0.331 e. The molecule has 0 aliphatic carbocycles. The van der Waals surface area contributed by atoms with Gasteiger partial charge in [-0.3, -0.25) is 14.9 Å². The molecular weight excluding hydrogens is 384 g/mol. The number of rotatable bonds is 8. The van der Waals surface area contributed by atoms with Crippen LogP contribution in [0.15, 0.2) is 42.5 Å². The number of amides is 1. The van der Waals surface area contributed by atoms with E-state index in [9.17, 15) is 24.8 Å². The normalized spacial score (nSPS) is 10.4. The Bertz CT molecular complexity index is 955. The number of non-ortho nitro benzene ring substituents is 1.